The summed E-state index contributed by atoms with van der Waals surface area (Å²) >= 11 is 0. The number of likely N-dealkylation sites (tertiary alicyclic amines) is 3. The molecule has 2 atom stereocenters. The molecule has 2 N–H and O–H groups in total. The molecule has 4 amide bonds. The molecule has 310 valence electrons. The van der Waals surface area contributed by atoms with Crippen LogP contribution >= 0.6 is 0 Å². The number of phenols is 1. The average Bonchev–Trinajstić information content (AvgIpc) is 3.37. The molecule has 3 fully saturated rings. The molecular formula is C42H57N5O10. The van der Waals surface area contributed by atoms with Crippen molar-refractivity contribution in [1.29, 1.82) is 0 Å². The van der Waals surface area contributed by atoms with Crippen molar-refractivity contribution in [1.82, 2.24) is 19.6 Å². The van der Waals surface area contributed by atoms with Gasteiger partial charge in [0.05, 0.1) is 12.5 Å². The Morgan fingerprint density at radius 3 is 2.12 bits per heavy atom. The zero-order valence-electron chi connectivity index (χ0n) is 33.6. The molecule has 0 aromatic heterocycles. The first kappa shape index (κ1) is 41.6. The van der Waals surface area contributed by atoms with Gasteiger partial charge in [-0.2, -0.15) is 0 Å². The van der Waals surface area contributed by atoms with Crippen molar-refractivity contribution in [2.75, 3.05) is 57.7 Å². The summed E-state index contributed by atoms with van der Waals surface area (Å²) in [4.78, 5) is 73.0. The van der Waals surface area contributed by atoms with Crippen molar-refractivity contribution >= 4 is 35.8 Å². The Labute approximate surface area is 334 Å². The predicted molar refractivity (Wildman–Crippen MR) is 210 cm³/mol. The first-order valence-corrected chi connectivity index (χ1v) is 20.4. The number of piperidine rings is 3. The first-order valence-electron chi connectivity index (χ1n) is 20.4. The number of ether oxygens (including phenoxy) is 4. The molecule has 15 heteroatoms. The minimum absolute atomic E-state index is 0.0225. The van der Waals surface area contributed by atoms with Crippen molar-refractivity contribution in [3.05, 3.63) is 58.7 Å². The fraction of sp³-hybridized carbons (Fsp3) is 0.595. The Morgan fingerprint density at radius 2 is 1.46 bits per heavy atom. The van der Waals surface area contributed by atoms with Crippen LogP contribution in [0.4, 0.5) is 20.1 Å². The van der Waals surface area contributed by atoms with E-state index in [4.69, 9.17) is 18.9 Å². The van der Waals surface area contributed by atoms with Crippen LogP contribution in [-0.2, 0) is 41.4 Å². The van der Waals surface area contributed by atoms with Gasteiger partial charge in [-0.15, -0.1) is 0 Å². The number of carbonyl (C=O) groups excluding carboxylic acids is 5. The molecule has 4 aliphatic heterocycles. The average molecular weight is 792 g/mol. The van der Waals surface area contributed by atoms with Crippen LogP contribution in [0.3, 0.4) is 0 Å². The molecule has 0 spiro atoms. The van der Waals surface area contributed by atoms with E-state index in [1.807, 2.05) is 41.3 Å². The summed E-state index contributed by atoms with van der Waals surface area (Å²) in [5.41, 5.74) is 4.09. The van der Waals surface area contributed by atoms with Crippen molar-refractivity contribution < 1.29 is 48.0 Å². The number of aromatic hydroxyl groups is 1. The third-order valence-electron chi connectivity index (χ3n) is 11.8. The highest BCUT2D eigenvalue weighted by Gasteiger charge is 2.37. The summed E-state index contributed by atoms with van der Waals surface area (Å²) in [6.45, 7) is 10.7. The lowest BCUT2D eigenvalue weighted by Gasteiger charge is -2.42. The number of hydrogen-bond donors (Lipinski definition) is 2. The van der Waals surface area contributed by atoms with E-state index < -0.39 is 30.6 Å². The number of carbonyl (C=O) groups is 5. The van der Waals surface area contributed by atoms with Crippen LogP contribution in [0.1, 0.15) is 74.6 Å². The van der Waals surface area contributed by atoms with Gasteiger partial charge < -0.3 is 49.0 Å². The van der Waals surface area contributed by atoms with Crippen LogP contribution in [-0.4, -0.2) is 132 Å². The number of amides is 4. The molecule has 2 aromatic carbocycles. The van der Waals surface area contributed by atoms with Crippen molar-refractivity contribution in [3.8, 4) is 5.75 Å². The van der Waals surface area contributed by atoms with Crippen LogP contribution in [0, 0.1) is 19.8 Å². The largest absolute Gasteiger partial charge is 0.511 e. The van der Waals surface area contributed by atoms with Crippen molar-refractivity contribution in [2.24, 2.45) is 5.92 Å². The molecule has 0 aliphatic carbocycles. The van der Waals surface area contributed by atoms with E-state index in [1.54, 1.807) is 30.6 Å². The van der Waals surface area contributed by atoms with Gasteiger partial charge in [0.1, 0.15) is 5.75 Å². The summed E-state index contributed by atoms with van der Waals surface area (Å²) in [5, 5.41) is 13.4. The van der Waals surface area contributed by atoms with Crippen molar-refractivity contribution in [2.45, 2.75) is 104 Å². The highest BCUT2D eigenvalue weighted by molar-refractivity contribution is 5.91. The number of rotatable bonds is 10. The molecule has 3 saturated heterocycles. The number of fused-ring (bicyclic) bond motifs is 1. The molecule has 6 rings (SSSR count). The fourth-order valence-electron chi connectivity index (χ4n) is 8.58. The minimum Gasteiger partial charge on any atom is -0.507 e. The molecule has 4 aliphatic rings. The molecule has 57 heavy (non-hydrogen) atoms. The number of benzene rings is 2. The van der Waals surface area contributed by atoms with Gasteiger partial charge >= 0.3 is 24.2 Å². The van der Waals surface area contributed by atoms with E-state index in [9.17, 15) is 29.1 Å². The van der Waals surface area contributed by atoms with Crippen LogP contribution in [0.15, 0.2) is 36.4 Å². The lowest BCUT2D eigenvalue weighted by molar-refractivity contribution is -0.174. The number of nitrogens with zero attached hydrogens (tertiary/aromatic N) is 4. The summed E-state index contributed by atoms with van der Waals surface area (Å²) in [5.74, 6) is -0.742. The molecule has 0 saturated carbocycles. The Hall–Kier alpha value is -5.05. The topological polar surface area (TPSA) is 167 Å². The lowest BCUT2D eigenvalue weighted by atomic mass is 9.93. The number of esters is 1. The number of urea groups is 1. The highest BCUT2D eigenvalue weighted by atomic mass is 16.8. The number of nitrogens with one attached hydrogen (secondary N) is 1. The van der Waals surface area contributed by atoms with Gasteiger partial charge in [0.2, 0.25) is 6.29 Å². The van der Waals surface area contributed by atoms with Crippen molar-refractivity contribution in [3.63, 3.8) is 0 Å². The van der Waals surface area contributed by atoms with E-state index in [0.717, 1.165) is 36.1 Å². The number of aryl methyl sites for hydroxylation is 2. The van der Waals surface area contributed by atoms with E-state index in [1.165, 1.54) is 6.92 Å². The first-order chi connectivity index (χ1) is 27.4. The number of anilines is 1. The number of hydrogen-bond acceptors (Lipinski definition) is 11. The summed E-state index contributed by atoms with van der Waals surface area (Å²) in [7, 11) is 0. The second-order valence-corrected chi connectivity index (χ2v) is 15.6. The third kappa shape index (κ3) is 10.5. The standard InChI is InChI=1S/C42H57N5O10/c1-5-54-42(53)56-29(4)55-39(50)32-10-17-44(18-11-32)33-13-19-45(20-14-33)38(49)36(26-30-24-27(2)37(48)28(3)25-30)57-41(52)46-21-15-34(16-22-46)47-23-12-31-8-6-7-9-35(31)43-40(47)51/h6-9,24-25,29,32-34,36,48H,5,10-23,26H2,1-4H3,(H,43,51)/t29?,36-/m1/s1. The molecule has 2 aromatic rings. The van der Waals surface area contributed by atoms with E-state index in [0.29, 0.717) is 82.6 Å². The molecule has 4 heterocycles. The van der Waals surface area contributed by atoms with Crippen LogP contribution in [0.5, 0.6) is 5.75 Å². The van der Waals surface area contributed by atoms with Gasteiger partial charge in [-0.05, 0) is 107 Å². The molecule has 0 bridgehead atoms. The minimum atomic E-state index is -1.05. The Balaban J connectivity index is 1.02. The fourth-order valence-corrected chi connectivity index (χ4v) is 8.58. The number of para-hydroxylation sites is 1. The summed E-state index contributed by atoms with van der Waals surface area (Å²) in [6, 6.07) is 11.6. The van der Waals surface area contributed by atoms with Gasteiger partial charge in [-0.25, -0.2) is 14.4 Å². The van der Waals surface area contributed by atoms with Gasteiger partial charge in [0.15, 0.2) is 6.10 Å². The maximum atomic E-state index is 14.2. The van der Waals surface area contributed by atoms with E-state index >= 15 is 0 Å². The zero-order valence-corrected chi connectivity index (χ0v) is 33.6. The normalized spacial score (nSPS) is 19.8. The Kier molecular flexibility index (Phi) is 13.8. The molecule has 15 nitrogen and oxygen atoms in total. The third-order valence-corrected chi connectivity index (χ3v) is 11.8. The maximum absolute atomic E-state index is 14.2. The molecular weight excluding hydrogens is 734 g/mol. The van der Waals surface area contributed by atoms with Gasteiger partial charge in [0, 0.05) is 63.8 Å². The molecule has 1 unspecified atom stereocenters. The van der Waals surface area contributed by atoms with E-state index in [-0.39, 0.29) is 48.7 Å². The quantitative estimate of drug-likeness (QED) is 0.180. The van der Waals surface area contributed by atoms with Crippen LogP contribution in [0.2, 0.25) is 0 Å². The Bertz CT molecular complexity index is 1740. The van der Waals surface area contributed by atoms with Gasteiger partial charge in [-0.3, -0.25) is 9.59 Å². The predicted octanol–water partition coefficient (Wildman–Crippen LogP) is 5.38. The molecule has 0 radical (unpaired) electrons. The van der Waals surface area contributed by atoms with Gasteiger partial charge in [0.25, 0.3) is 5.91 Å². The zero-order chi connectivity index (χ0) is 40.6. The van der Waals surface area contributed by atoms with Crippen LogP contribution in [0.25, 0.3) is 0 Å². The van der Waals surface area contributed by atoms with Gasteiger partial charge in [-0.1, -0.05) is 30.3 Å². The summed E-state index contributed by atoms with van der Waals surface area (Å²) < 4.78 is 21.1. The van der Waals surface area contributed by atoms with Crippen LogP contribution < -0.4 is 5.32 Å². The summed E-state index contributed by atoms with van der Waals surface area (Å²) in [6.07, 6.45) is 1.32. The number of phenolic OH excluding ortho intramolecular Hbond substituents is 1. The second-order valence-electron chi connectivity index (χ2n) is 15.6. The SMILES string of the molecule is CCOC(=O)OC(C)OC(=O)C1CCN(C2CCN(C(=O)[C@@H](Cc3cc(C)c(O)c(C)c3)OC(=O)N3CCC(N4CCc5ccccc5NC4=O)CC3)CC2)CC1. The Morgan fingerprint density at radius 1 is 0.825 bits per heavy atom. The smallest absolute Gasteiger partial charge is 0.507 e. The maximum Gasteiger partial charge on any atom is 0.511 e. The highest BCUT2D eigenvalue weighted by Crippen LogP contribution is 2.29. The monoisotopic (exact) mass is 791 g/mol. The lowest BCUT2D eigenvalue weighted by Crippen LogP contribution is -2.53. The second kappa shape index (κ2) is 18.9. The van der Waals surface area contributed by atoms with E-state index in [2.05, 4.69) is 10.2 Å².